The summed E-state index contributed by atoms with van der Waals surface area (Å²) in [6.45, 7) is 1.80. The van der Waals surface area contributed by atoms with Crippen LogP contribution < -0.4 is 5.73 Å². The van der Waals surface area contributed by atoms with E-state index in [-0.39, 0.29) is 29.9 Å². The van der Waals surface area contributed by atoms with Gasteiger partial charge in [-0.2, -0.15) is 0 Å². The summed E-state index contributed by atoms with van der Waals surface area (Å²) in [7, 11) is 3.09. The summed E-state index contributed by atoms with van der Waals surface area (Å²) in [6.07, 6.45) is 0.894. The topological polar surface area (TPSA) is 172 Å². The van der Waals surface area contributed by atoms with Crippen LogP contribution in [0, 0.1) is 23.7 Å². The van der Waals surface area contributed by atoms with Crippen molar-refractivity contribution in [1.82, 2.24) is 4.90 Å². The fourth-order valence-corrected chi connectivity index (χ4v) is 7.03. The Morgan fingerprint density at radius 2 is 1.68 bits per heavy atom. The quantitative estimate of drug-likeness (QED) is 0.437. The second-order valence-corrected chi connectivity index (χ2v) is 11.5. The molecule has 3 aliphatic rings. The van der Waals surface area contributed by atoms with Crippen molar-refractivity contribution in [2.45, 2.75) is 44.2 Å². The first-order valence-corrected chi connectivity index (χ1v) is 13.6. The third kappa shape index (κ3) is 4.24. The largest absolute Gasteiger partial charge is 0.507 e. The number of benzene rings is 2. The Labute approximate surface area is 236 Å². The van der Waals surface area contributed by atoms with Gasteiger partial charge in [0, 0.05) is 18.8 Å². The van der Waals surface area contributed by atoms with Crippen molar-refractivity contribution in [2.75, 3.05) is 14.1 Å². The Morgan fingerprint density at radius 3 is 2.27 bits per heavy atom. The second-order valence-electron chi connectivity index (χ2n) is 11.5. The number of likely N-dealkylation sites (N-methyl/N-ethyl adjacent to an activating group) is 1. The highest BCUT2D eigenvalue weighted by Crippen LogP contribution is 2.51. The van der Waals surface area contributed by atoms with Crippen molar-refractivity contribution >= 4 is 34.8 Å². The average Bonchev–Trinajstić information content (AvgIpc) is 2.91. The molecule has 3 aliphatic carbocycles. The van der Waals surface area contributed by atoms with Crippen LogP contribution in [0.3, 0.4) is 0 Å². The second kappa shape index (κ2) is 10.1. The molecule has 2 fully saturated rings. The standard InChI is InChI=1S/C31H32N2O8/c1-4-17(34)11-14-5-7-15(8-6-14)18-9-10-21(35)23-19(18)12-16-13-20-25(33(2)3)27(37)24(30(32)40)29(39)31(20,41)28(38)22(16)26(23)36/h5-10,16,20,22,24-25,35,41H,4,11-13H2,1-3H3,(H2,32,40). The lowest BCUT2D eigenvalue weighted by molar-refractivity contribution is -0.181. The third-order valence-electron chi connectivity index (χ3n) is 9.01. The van der Waals surface area contributed by atoms with Crippen molar-refractivity contribution in [3.63, 3.8) is 0 Å². The molecule has 0 spiro atoms. The Morgan fingerprint density at radius 1 is 1.02 bits per heavy atom. The van der Waals surface area contributed by atoms with E-state index in [4.69, 9.17) is 5.73 Å². The maximum absolute atomic E-state index is 13.9. The predicted octanol–water partition coefficient (Wildman–Crippen LogP) is 1.06. The van der Waals surface area contributed by atoms with Gasteiger partial charge >= 0.3 is 0 Å². The highest BCUT2D eigenvalue weighted by molar-refractivity contribution is 6.32. The van der Waals surface area contributed by atoms with Gasteiger partial charge in [-0.05, 0) is 61.2 Å². The maximum Gasteiger partial charge on any atom is 0.235 e. The monoisotopic (exact) mass is 560 g/mol. The molecule has 6 unspecified atom stereocenters. The molecule has 0 aliphatic heterocycles. The Hall–Kier alpha value is -4.02. The van der Waals surface area contributed by atoms with Crippen LogP contribution in [0.5, 0.6) is 5.75 Å². The van der Waals surface area contributed by atoms with Crippen LogP contribution >= 0.6 is 0 Å². The summed E-state index contributed by atoms with van der Waals surface area (Å²) in [5.41, 5.74) is 5.33. The number of Topliss-reactive ketones (excluding diaryl/α,β-unsaturated/α-hetero) is 5. The molecule has 214 valence electrons. The number of phenolic OH excluding ortho intramolecular Hbond substituents is 1. The minimum Gasteiger partial charge on any atom is -0.507 e. The molecule has 0 saturated heterocycles. The van der Waals surface area contributed by atoms with Crippen molar-refractivity contribution in [3.05, 3.63) is 53.1 Å². The number of aromatic hydroxyl groups is 1. The molecule has 0 heterocycles. The maximum atomic E-state index is 13.9. The number of hydrogen-bond acceptors (Lipinski definition) is 9. The minimum atomic E-state index is -2.75. The van der Waals surface area contributed by atoms with Crippen LogP contribution in [0.4, 0.5) is 0 Å². The van der Waals surface area contributed by atoms with Crippen molar-refractivity contribution in [1.29, 1.82) is 0 Å². The molecule has 4 N–H and O–H groups in total. The molecule has 2 aromatic rings. The average molecular weight is 561 g/mol. The van der Waals surface area contributed by atoms with Crippen molar-refractivity contribution in [2.24, 2.45) is 29.4 Å². The fourth-order valence-electron chi connectivity index (χ4n) is 7.03. The van der Waals surface area contributed by atoms with Gasteiger partial charge in [-0.25, -0.2) is 0 Å². The highest BCUT2D eigenvalue weighted by Gasteiger charge is 2.69. The van der Waals surface area contributed by atoms with Crippen molar-refractivity contribution in [3.8, 4) is 16.9 Å². The SMILES string of the molecule is CCC(=O)Cc1ccc(-c2ccc(O)c3c2CC2CC4C(N(C)C)C(=O)C(C(N)=O)C(=O)C4(O)C(=O)C2C3=O)cc1. The Balaban J connectivity index is 1.59. The lowest BCUT2D eigenvalue weighted by Crippen LogP contribution is -2.74. The molecule has 2 aromatic carbocycles. The number of nitrogens with zero attached hydrogens (tertiary/aromatic N) is 1. The summed E-state index contributed by atoms with van der Waals surface area (Å²) >= 11 is 0. The smallest absolute Gasteiger partial charge is 0.235 e. The van der Waals surface area contributed by atoms with E-state index in [2.05, 4.69) is 0 Å². The summed E-state index contributed by atoms with van der Waals surface area (Å²) in [5, 5.41) is 22.4. The molecule has 1 amide bonds. The zero-order valence-corrected chi connectivity index (χ0v) is 23.0. The van der Waals surface area contributed by atoms with E-state index in [1.165, 1.54) is 11.0 Å². The van der Waals surface area contributed by atoms with Gasteiger partial charge in [-0.1, -0.05) is 37.3 Å². The number of phenols is 1. The number of ketones is 5. The molecule has 2 saturated carbocycles. The van der Waals surface area contributed by atoms with Gasteiger partial charge < -0.3 is 15.9 Å². The lowest BCUT2D eigenvalue weighted by Gasteiger charge is -2.52. The van der Waals surface area contributed by atoms with Crippen LogP contribution in [-0.2, 0) is 36.8 Å². The Kier molecular flexibility index (Phi) is 7.03. The van der Waals surface area contributed by atoms with Gasteiger partial charge in [0.2, 0.25) is 5.91 Å². The van der Waals surface area contributed by atoms with Gasteiger partial charge in [0.15, 0.2) is 34.7 Å². The first-order chi connectivity index (χ1) is 19.3. The lowest BCUT2D eigenvalue weighted by atomic mass is 9.52. The first-order valence-electron chi connectivity index (χ1n) is 13.6. The summed E-state index contributed by atoms with van der Waals surface area (Å²) in [4.78, 5) is 79.8. The van der Waals surface area contributed by atoms with E-state index < -0.39 is 64.4 Å². The fraction of sp³-hybridized carbons (Fsp3) is 0.419. The van der Waals surface area contributed by atoms with E-state index in [0.717, 1.165) is 11.1 Å². The van der Waals surface area contributed by atoms with E-state index in [1.807, 2.05) is 24.3 Å². The minimum absolute atomic E-state index is 0.0168. The molecule has 41 heavy (non-hydrogen) atoms. The first kappa shape index (κ1) is 28.5. The van der Waals surface area contributed by atoms with Gasteiger partial charge in [0.05, 0.1) is 17.5 Å². The third-order valence-corrected chi connectivity index (χ3v) is 9.01. The summed E-state index contributed by atoms with van der Waals surface area (Å²) < 4.78 is 0. The molecule has 5 rings (SSSR count). The highest BCUT2D eigenvalue weighted by atomic mass is 16.3. The van der Waals surface area contributed by atoms with E-state index in [1.54, 1.807) is 27.1 Å². The molecule has 0 bridgehead atoms. The molecule has 10 nitrogen and oxygen atoms in total. The molecular formula is C31H32N2O8. The van der Waals surface area contributed by atoms with E-state index >= 15 is 0 Å². The number of primary amides is 1. The van der Waals surface area contributed by atoms with Crippen LogP contribution in [0.1, 0.15) is 41.3 Å². The molecular weight excluding hydrogens is 528 g/mol. The zero-order chi connectivity index (χ0) is 30.0. The zero-order valence-electron chi connectivity index (χ0n) is 23.0. The van der Waals surface area contributed by atoms with Gasteiger partial charge in [0.25, 0.3) is 0 Å². The van der Waals surface area contributed by atoms with Crippen LogP contribution in [0.15, 0.2) is 36.4 Å². The molecule has 6 atom stereocenters. The van der Waals surface area contributed by atoms with Gasteiger partial charge in [0.1, 0.15) is 11.5 Å². The number of carbonyl (C=O) groups excluding carboxylic acids is 6. The predicted molar refractivity (Wildman–Crippen MR) is 146 cm³/mol. The van der Waals surface area contributed by atoms with Crippen LogP contribution in [0.2, 0.25) is 0 Å². The number of fused-ring (bicyclic) bond motifs is 3. The Bertz CT molecular complexity index is 1510. The summed E-state index contributed by atoms with van der Waals surface area (Å²) in [5.74, 6) is -10.7. The van der Waals surface area contributed by atoms with Gasteiger partial charge in [-0.3, -0.25) is 33.7 Å². The molecule has 0 aromatic heterocycles. The number of hydrogen-bond donors (Lipinski definition) is 3. The van der Waals surface area contributed by atoms with E-state index in [0.29, 0.717) is 24.0 Å². The number of nitrogens with two attached hydrogens (primary N) is 1. The normalized spacial score (nSPS) is 29.1. The van der Waals surface area contributed by atoms with Crippen LogP contribution in [0.25, 0.3) is 11.1 Å². The number of amides is 1. The molecule has 0 radical (unpaired) electrons. The van der Waals surface area contributed by atoms with Crippen molar-refractivity contribution < 1.29 is 39.0 Å². The van der Waals surface area contributed by atoms with Gasteiger partial charge in [-0.15, -0.1) is 0 Å². The number of carbonyl (C=O) groups is 6. The number of rotatable bonds is 6. The molecule has 10 heteroatoms. The van der Waals surface area contributed by atoms with Crippen LogP contribution in [-0.4, -0.2) is 75.7 Å². The number of aliphatic hydroxyl groups is 1. The van der Waals surface area contributed by atoms with E-state index in [9.17, 15) is 39.0 Å². The summed E-state index contributed by atoms with van der Waals surface area (Å²) in [6, 6.07) is 9.21.